The Morgan fingerprint density at radius 1 is 1.78 bits per heavy atom. The zero-order valence-corrected chi connectivity index (χ0v) is 5.98. The smallest absolute Gasteiger partial charge is 0.0777 e. The summed E-state index contributed by atoms with van der Waals surface area (Å²) in [5.74, 6) is 0.0602. The van der Waals surface area contributed by atoms with Gasteiger partial charge in [-0.3, -0.25) is 0 Å². The number of nitriles is 1. The zero-order chi connectivity index (χ0) is 6.69. The molecule has 0 aliphatic heterocycles. The van der Waals surface area contributed by atoms with Gasteiger partial charge in [0, 0.05) is 4.88 Å². The Kier molecular flexibility index (Phi) is 1.86. The maximum Gasteiger partial charge on any atom is 0.0777 e. The first kappa shape index (κ1) is 6.31. The highest BCUT2D eigenvalue weighted by Gasteiger charge is 2.01. The molecule has 0 aromatic carbocycles. The molecule has 0 aliphatic rings. The molecule has 1 nitrogen and oxygen atoms in total. The van der Waals surface area contributed by atoms with Crippen molar-refractivity contribution >= 4 is 11.3 Å². The molecule has 46 valence electrons. The minimum absolute atomic E-state index is 0.0602. The lowest BCUT2D eigenvalue weighted by Gasteiger charge is -1.92. The monoisotopic (exact) mass is 137 g/mol. The van der Waals surface area contributed by atoms with Gasteiger partial charge in [0.05, 0.1) is 12.0 Å². The Balaban J connectivity index is 2.80. The second kappa shape index (κ2) is 2.65. The lowest BCUT2D eigenvalue weighted by Crippen LogP contribution is -1.81. The van der Waals surface area contributed by atoms with Gasteiger partial charge in [-0.25, -0.2) is 0 Å². The van der Waals surface area contributed by atoms with Crippen LogP contribution >= 0.6 is 11.3 Å². The van der Waals surface area contributed by atoms with E-state index in [1.165, 1.54) is 0 Å². The fourth-order valence-corrected chi connectivity index (χ4v) is 1.33. The van der Waals surface area contributed by atoms with Gasteiger partial charge in [-0.05, 0) is 18.4 Å². The molecule has 1 atom stereocenters. The summed E-state index contributed by atoms with van der Waals surface area (Å²) in [7, 11) is 0. The zero-order valence-electron chi connectivity index (χ0n) is 5.16. The van der Waals surface area contributed by atoms with Crippen LogP contribution in [0.4, 0.5) is 0 Å². The van der Waals surface area contributed by atoms with Crippen LogP contribution < -0.4 is 0 Å². The fourth-order valence-electron chi connectivity index (χ4n) is 0.601. The van der Waals surface area contributed by atoms with Gasteiger partial charge < -0.3 is 0 Å². The van der Waals surface area contributed by atoms with Gasteiger partial charge in [0.15, 0.2) is 0 Å². The first-order valence-corrected chi connectivity index (χ1v) is 3.65. The average Bonchev–Trinajstić information content (AvgIpc) is 2.37. The molecule has 0 saturated carbocycles. The van der Waals surface area contributed by atoms with E-state index in [1.807, 2.05) is 24.4 Å². The van der Waals surface area contributed by atoms with E-state index in [9.17, 15) is 0 Å². The van der Waals surface area contributed by atoms with E-state index in [1.54, 1.807) is 11.3 Å². The molecule has 2 heteroatoms. The van der Waals surface area contributed by atoms with Crippen molar-refractivity contribution in [3.8, 4) is 6.07 Å². The van der Waals surface area contributed by atoms with Crippen molar-refractivity contribution in [2.45, 2.75) is 12.8 Å². The standard InChI is InChI=1S/C7H7NS/c1-6(5-8)7-3-2-4-9-7/h2-4,6H,1H3/t6-/m0/s1. The molecule has 0 radical (unpaired) electrons. The number of nitrogens with zero attached hydrogens (tertiary/aromatic N) is 1. The lowest BCUT2D eigenvalue weighted by atomic mass is 10.2. The maximum atomic E-state index is 8.46. The van der Waals surface area contributed by atoms with Crippen molar-refractivity contribution in [3.63, 3.8) is 0 Å². The molecule has 0 aliphatic carbocycles. The molecule has 0 amide bonds. The van der Waals surface area contributed by atoms with Gasteiger partial charge in [0.25, 0.3) is 0 Å². The largest absolute Gasteiger partial charge is 0.198 e. The van der Waals surface area contributed by atoms with Gasteiger partial charge in [0.1, 0.15) is 0 Å². The van der Waals surface area contributed by atoms with E-state index in [0.29, 0.717) is 0 Å². The van der Waals surface area contributed by atoms with Crippen LogP contribution in [0, 0.1) is 11.3 Å². The number of rotatable bonds is 1. The Labute approximate surface area is 58.6 Å². The normalized spacial score (nSPS) is 12.4. The summed E-state index contributed by atoms with van der Waals surface area (Å²) in [6, 6.07) is 6.13. The Hall–Kier alpha value is -0.810. The first-order chi connectivity index (χ1) is 4.34. The molecule has 0 unspecified atom stereocenters. The molecule has 9 heavy (non-hydrogen) atoms. The van der Waals surface area contributed by atoms with E-state index >= 15 is 0 Å². The highest BCUT2D eigenvalue weighted by Crippen LogP contribution is 2.18. The third-order valence-corrected chi connectivity index (χ3v) is 2.22. The van der Waals surface area contributed by atoms with E-state index in [0.717, 1.165) is 4.88 Å². The predicted molar refractivity (Wildman–Crippen MR) is 38.3 cm³/mol. The molecule has 0 saturated heterocycles. The SMILES string of the molecule is C[C@@H](C#N)c1cccs1. The van der Waals surface area contributed by atoms with E-state index < -0.39 is 0 Å². The lowest BCUT2D eigenvalue weighted by molar-refractivity contribution is 1.01. The van der Waals surface area contributed by atoms with Crippen LogP contribution in [0.3, 0.4) is 0 Å². The Bertz CT molecular complexity index is 207. The van der Waals surface area contributed by atoms with Crippen molar-refractivity contribution in [2.75, 3.05) is 0 Å². The second-order valence-corrected chi connectivity index (χ2v) is 2.85. The third kappa shape index (κ3) is 1.30. The van der Waals surface area contributed by atoms with Gasteiger partial charge in [-0.2, -0.15) is 5.26 Å². The van der Waals surface area contributed by atoms with Crippen LogP contribution in [0.15, 0.2) is 17.5 Å². The molecule has 1 rings (SSSR count). The Morgan fingerprint density at radius 2 is 2.56 bits per heavy atom. The van der Waals surface area contributed by atoms with Crippen molar-refractivity contribution in [1.29, 1.82) is 5.26 Å². The van der Waals surface area contributed by atoms with E-state index in [4.69, 9.17) is 5.26 Å². The van der Waals surface area contributed by atoms with Crippen molar-refractivity contribution in [1.82, 2.24) is 0 Å². The van der Waals surface area contributed by atoms with Crippen molar-refractivity contribution in [3.05, 3.63) is 22.4 Å². The Morgan fingerprint density at radius 3 is 3.00 bits per heavy atom. The highest BCUT2D eigenvalue weighted by molar-refractivity contribution is 7.10. The molecular weight excluding hydrogens is 130 g/mol. The highest BCUT2D eigenvalue weighted by atomic mass is 32.1. The summed E-state index contributed by atoms with van der Waals surface area (Å²) in [4.78, 5) is 1.15. The quantitative estimate of drug-likeness (QED) is 0.583. The van der Waals surface area contributed by atoms with Gasteiger partial charge in [-0.15, -0.1) is 11.3 Å². The van der Waals surface area contributed by atoms with Crippen LogP contribution in [-0.2, 0) is 0 Å². The summed E-state index contributed by atoms with van der Waals surface area (Å²) >= 11 is 1.63. The topological polar surface area (TPSA) is 23.8 Å². The van der Waals surface area contributed by atoms with Crippen LogP contribution in [-0.4, -0.2) is 0 Å². The number of hydrogen-bond donors (Lipinski definition) is 0. The van der Waals surface area contributed by atoms with Gasteiger partial charge in [-0.1, -0.05) is 6.07 Å². The predicted octanol–water partition coefficient (Wildman–Crippen LogP) is 2.38. The molecule has 0 fully saturated rings. The van der Waals surface area contributed by atoms with Crippen LogP contribution in [0.25, 0.3) is 0 Å². The van der Waals surface area contributed by atoms with E-state index in [2.05, 4.69) is 6.07 Å². The molecule has 0 bridgehead atoms. The molecule has 1 aromatic heterocycles. The summed E-state index contributed by atoms with van der Waals surface area (Å²) < 4.78 is 0. The number of hydrogen-bond acceptors (Lipinski definition) is 2. The van der Waals surface area contributed by atoms with Crippen molar-refractivity contribution < 1.29 is 0 Å². The third-order valence-electron chi connectivity index (χ3n) is 1.16. The molecule has 0 N–H and O–H groups in total. The van der Waals surface area contributed by atoms with Crippen molar-refractivity contribution in [2.24, 2.45) is 0 Å². The summed E-state index contributed by atoms with van der Waals surface area (Å²) in [6.07, 6.45) is 0. The second-order valence-electron chi connectivity index (χ2n) is 1.87. The molecule has 1 heterocycles. The minimum Gasteiger partial charge on any atom is -0.198 e. The first-order valence-electron chi connectivity index (χ1n) is 2.77. The van der Waals surface area contributed by atoms with Gasteiger partial charge in [0.2, 0.25) is 0 Å². The molecule has 0 spiro atoms. The van der Waals surface area contributed by atoms with Crippen LogP contribution in [0.2, 0.25) is 0 Å². The van der Waals surface area contributed by atoms with E-state index in [-0.39, 0.29) is 5.92 Å². The molecule has 1 aromatic rings. The maximum absolute atomic E-state index is 8.46. The average molecular weight is 137 g/mol. The molecular formula is C7H7NS. The summed E-state index contributed by atoms with van der Waals surface area (Å²) in [5.41, 5.74) is 0. The van der Waals surface area contributed by atoms with Crippen LogP contribution in [0.1, 0.15) is 17.7 Å². The summed E-state index contributed by atoms with van der Waals surface area (Å²) in [6.45, 7) is 1.91. The minimum atomic E-state index is 0.0602. The summed E-state index contributed by atoms with van der Waals surface area (Å²) in [5, 5.41) is 10.5. The fraction of sp³-hybridized carbons (Fsp3) is 0.286. The van der Waals surface area contributed by atoms with Gasteiger partial charge >= 0.3 is 0 Å². The van der Waals surface area contributed by atoms with Crippen LogP contribution in [0.5, 0.6) is 0 Å². The number of thiophene rings is 1.